The third-order valence-corrected chi connectivity index (χ3v) is 14.1. The number of nitrogens with two attached hydrogens (primary N) is 2. The first-order chi connectivity index (χ1) is 34.4. The van der Waals surface area contributed by atoms with Crippen molar-refractivity contribution in [2.24, 2.45) is 16.5 Å². The average Bonchev–Trinajstić information content (AvgIpc) is 3.93. The van der Waals surface area contributed by atoms with Crippen LogP contribution in [0.5, 0.6) is 23.0 Å². The minimum Gasteiger partial charge on any atom is -0.488 e. The van der Waals surface area contributed by atoms with Crippen molar-refractivity contribution in [2.45, 2.75) is 91.1 Å². The van der Waals surface area contributed by atoms with Crippen molar-refractivity contribution in [3.05, 3.63) is 163 Å². The number of hydrogen-bond donors (Lipinski definition) is 2. The molecule has 71 heavy (non-hydrogen) atoms. The summed E-state index contributed by atoms with van der Waals surface area (Å²) in [7, 11) is 0. The van der Waals surface area contributed by atoms with Crippen molar-refractivity contribution in [3.63, 3.8) is 0 Å². The van der Waals surface area contributed by atoms with Crippen molar-refractivity contribution in [3.8, 4) is 40.2 Å². The maximum atomic E-state index is 12.3. The summed E-state index contributed by atoms with van der Waals surface area (Å²) in [4.78, 5) is 41.6. The summed E-state index contributed by atoms with van der Waals surface area (Å²) >= 11 is 13.9. The van der Waals surface area contributed by atoms with Crippen LogP contribution in [0.3, 0.4) is 0 Å². The molecule has 0 unspecified atom stereocenters. The lowest BCUT2D eigenvalue weighted by Crippen LogP contribution is -2.39. The number of nitriles is 1. The van der Waals surface area contributed by atoms with E-state index in [0.717, 1.165) is 92.8 Å². The number of carbonyl (C=O) groups excluding carboxylic acids is 2. The highest BCUT2D eigenvalue weighted by molar-refractivity contribution is 6.32. The number of nitrogens with zero attached hydrogens (tertiary/aromatic N) is 6. The van der Waals surface area contributed by atoms with Gasteiger partial charge in [0.15, 0.2) is 0 Å². The first kappa shape index (κ1) is 49.0. The predicted molar refractivity (Wildman–Crippen MR) is 271 cm³/mol. The summed E-state index contributed by atoms with van der Waals surface area (Å²) in [6, 6.07) is 24.8. The van der Waals surface area contributed by atoms with E-state index in [1.54, 1.807) is 30.7 Å². The fraction of sp³-hybridized carbons (Fsp3) is 0.309. The maximum Gasteiger partial charge on any atom is 0.234 e. The SMILES string of the molecule is Cc1c(COc2cc(OCc3cncc(C#N)c3)c(CN3CCC[C@H]3C(N)=O)cc2Cl)cccc1-c1cccc(COc2cc(OCc3cncc(C4=NC4)c3)c(CN3CCC[C@H]3C(N)=O)cc2Cl)c1C. The van der Waals surface area contributed by atoms with Crippen LogP contribution in [-0.4, -0.2) is 69.0 Å². The Morgan fingerprint density at radius 3 is 1.61 bits per heavy atom. The summed E-state index contributed by atoms with van der Waals surface area (Å²) in [5.74, 6) is 1.33. The van der Waals surface area contributed by atoms with E-state index in [1.807, 2.05) is 53.4 Å². The van der Waals surface area contributed by atoms with Crippen LogP contribution in [0.1, 0.15) is 81.3 Å². The number of amides is 2. The number of halogens is 2. The second kappa shape index (κ2) is 22.0. The number of hydrogen-bond acceptors (Lipinski definition) is 12. The van der Waals surface area contributed by atoms with Gasteiger partial charge < -0.3 is 30.4 Å². The van der Waals surface area contributed by atoms with Gasteiger partial charge in [-0.3, -0.25) is 34.3 Å². The number of primary amides is 2. The lowest BCUT2D eigenvalue weighted by Gasteiger charge is -2.24. The number of likely N-dealkylation sites (tertiary alicyclic amines) is 2. The molecule has 2 fully saturated rings. The molecule has 2 aromatic heterocycles. The molecule has 14 nitrogen and oxygen atoms in total. The Morgan fingerprint density at radius 2 is 1.13 bits per heavy atom. The number of aliphatic imine (C=N–C) groups is 1. The van der Waals surface area contributed by atoms with Gasteiger partial charge in [0, 0.05) is 77.8 Å². The van der Waals surface area contributed by atoms with Crippen molar-refractivity contribution < 1.29 is 28.5 Å². The monoisotopic (exact) mass is 992 g/mol. The topological polar surface area (TPSA) is 192 Å². The third-order valence-electron chi connectivity index (χ3n) is 13.5. The quantitative estimate of drug-likeness (QED) is 0.0742. The molecule has 6 aromatic rings. The van der Waals surface area contributed by atoms with Crippen molar-refractivity contribution >= 4 is 40.7 Å². The van der Waals surface area contributed by atoms with Crippen molar-refractivity contribution in [2.75, 3.05) is 19.6 Å². The summed E-state index contributed by atoms with van der Waals surface area (Å²) in [6.07, 6.45) is 9.88. The van der Waals surface area contributed by atoms with Crippen LogP contribution in [0.2, 0.25) is 10.0 Å². The first-order valence-corrected chi connectivity index (χ1v) is 24.4. The van der Waals surface area contributed by atoms with Crippen LogP contribution >= 0.6 is 23.2 Å². The Labute approximate surface area is 423 Å². The average molecular weight is 994 g/mol. The number of carbonyl (C=O) groups is 2. The Balaban J connectivity index is 0.922. The zero-order chi connectivity index (χ0) is 49.6. The third kappa shape index (κ3) is 11.6. The Morgan fingerprint density at radius 1 is 0.648 bits per heavy atom. The van der Waals surface area contributed by atoms with Gasteiger partial charge in [0.05, 0.1) is 39.9 Å². The summed E-state index contributed by atoms with van der Waals surface area (Å²) in [5.41, 5.74) is 23.3. The predicted octanol–water partition coefficient (Wildman–Crippen LogP) is 8.96. The van der Waals surface area contributed by atoms with E-state index in [0.29, 0.717) is 71.1 Å². The first-order valence-electron chi connectivity index (χ1n) is 23.6. The maximum absolute atomic E-state index is 12.3. The van der Waals surface area contributed by atoms with Gasteiger partial charge in [-0.15, -0.1) is 0 Å². The Hall–Kier alpha value is -7.02. The van der Waals surface area contributed by atoms with Gasteiger partial charge in [-0.2, -0.15) is 5.26 Å². The number of pyridine rings is 2. The Bertz CT molecular complexity index is 3070. The van der Waals surface area contributed by atoms with E-state index in [9.17, 15) is 14.9 Å². The molecule has 0 aliphatic carbocycles. The van der Waals surface area contributed by atoms with E-state index in [2.05, 4.69) is 51.9 Å². The van der Waals surface area contributed by atoms with Crippen LogP contribution in [0, 0.1) is 25.2 Å². The lowest BCUT2D eigenvalue weighted by atomic mass is 9.92. The number of aromatic nitrogens is 2. The van der Waals surface area contributed by atoms with Gasteiger partial charge >= 0.3 is 0 Å². The largest absolute Gasteiger partial charge is 0.488 e. The fourth-order valence-corrected chi connectivity index (χ4v) is 9.95. The second-order valence-corrected chi connectivity index (χ2v) is 19.0. The van der Waals surface area contributed by atoms with Gasteiger partial charge in [0.25, 0.3) is 0 Å². The molecule has 4 aromatic carbocycles. The van der Waals surface area contributed by atoms with Crippen molar-refractivity contribution in [1.82, 2.24) is 19.8 Å². The summed E-state index contributed by atoms with van der Waals surface area (Å²) < 4.78 is 25.8. The number of ether oxygens (including phenoxy) is 4. The molecule has 0 radical (unpaired) electrons. The molecule has 16 heteroatoms. The number of rotatable bonds is 20. The van der Waals surface area contributed by atoms with Gasteiger partial charge in [0.1, 0.15) is 55.5 Å². The highest BCUT2D eigenvalue weighted by Gasteiger charge is 2.31. The van der Waals surface area contributed by atoms with Crippen LogP contribution in [0.4, 0.5) is 0 Å². The van der Waals surface area contributed by atoms with E-state index in [4.69, 9.17) is 53.6 Å². The van der Waals surface area contributed by atoms with Crippen LogP contribution in [0.15, 0.2) is 103 Å². The molecule has 4 N–H and O–H groups in total. The molecule has 9 rings (SSSR count). The zero-order valence-electron chi connectivity index (χ0n) is 39.6. The minimum atomic E-state index is -0.378. The molecule has 3 aliphatic heterocycles. The zero-order valence-corrected chi connectivity index (χ0v) is 41.1. The standard InChI is InChI=1S/C55H54Cl2N8O6/c1-33-38(31-70-52-19-50(68-29-36-15-35(21-58)22-61-23-36)41(17-45(52)56)27-64-13-5-11-48(64)54(59)66)7-3-9-43(33)44-10-4-8-39(34(44)2)32-71-53-20-51(69-30-37-16-40(25-62-24-37)47-26-63-47)42(18-46(53)57)28-65-14-6-12-49(65)55(60)67/h3-4,7-10,15-20,22-25,48-49H,5-6,11-14,26-32H2,1-2H3,(H2,59,66)(H2,60,67)/t48-,49-/m0/s1. The molecular weight excluding hydrogens is 940 g/mol. The van der Waals surface area contributed by atoms with Gasteiger partial charge in [-0.1, -0.05) is 59.6 Å². The Kier molecular flexibility index (Phi) is 15.1. The van der Waals surface area contributed by atoms with Gasteiger partial charge in [-0.25, -0.2) is 0 Å². The van der Waals surface area contributed by atoms with E-state index < -0.39 is 0 Å². The van der Waals surface area contributed by atoms with E-state index >= 15 is 0 Å². The summed E-state index contributed by atoms with van der Waals surface area (Å²) in [5, 5.41) is 10.2. The molecule has 364 valence electrons. The molecule has 0 saturated carbocycles. The van der Waals surface area contributed by atoms with E-state index in [1.165, 1.54) is 6.20 Å². The smallest absolute Gasteiger partial charge is 0.234 e. The highest BCUT2D eigenvalue weighted by atomic mass is 35.5. The number of benzene rings is 4. The van der Waals surface area contributed by atoms with Crippen LogP contribution < -0.4 is 30.4 Å². The van der Waals surface area contributed by atoms with Crippen molar-refractivity contribution in [1.29, 1.82) is 5.26 Å². The molecule has 0 spiro atoms. The lowest BCUT2D eigenvalue weighted by molar-refractivity contribution is -0.123. The van der Waals surface area contributed by atoms with Crippen LogP contribution in [-0.2, 0) is 49.1 Å². The summed E-state index contributed by atoms with van der Waals surface area (Å²) in [6.45, 7) is 8.06. The van der Waals surface area contributed by atoms with Crippen LogP contribution in [0.25, 0.3) is 11.1 Å². The van der Waals surface area contributed by atoms with Gasteiger partial charge in [0.2, 0.25) is 11.8 Å². The molecule has 5 heterocycles. The molecule has 2 atom stereocenters. The fourth-order valence-electron chi connectivity index (χ4n) is 9.47. The normalized spacial score (nSPS) is 16.6. The van der Waals surface area contributed by atoms with Gasteiger partial charge in [-0.05, 0) is 110 Å². The molecule has 2 saturated heterocycles. The molecular formula is C55H54Cl2N8O6. The molecule has 0 bridgehead atoms. The minimum absolute atomic E-state index is 0.152. The highest BCUT2D eigenvalue weighted by Crippen LogP contribution is 2.39. The van der Waals surface area contributed by atoms with E-state index in [-0.39, 0.29) is 50.3 Å². The molecule has 3 aliphatic rings. The second-order valence-electron chi connectivity index (χ2n) is 18.2. The molecule has 2 amide bonds.